The number of methoxy groups -OCH3 is 3. The Labute approximate surface area is 205 Å². The van der Waals surface area contributed by atoms with Crippen molar-refractivity contribution in [3.63, 3.8) is 0 Å². The summed E-state index contributed by atoms with van der Waals surface area (Å²) in [6, 6.07) is 19.4. The number of carbonyl (C=O) groups is 1. The molecule has 0 aliphatic heterocycles. The van der Waals surface area contributed by atoms with Crippen molar-refractivity contribution in [1.29, 1.82) is 0 Å². The van der Waals surface area contributed by atoms with E-state index in [1.54, 1.807) is 21.3 Å². The smallest absolute Gasteiger partial charge is 0.307 e. The maximum Gasteiger partial charge on any atom is 0.307 e. The van der Waals surface area contributed by atoms with Crippen LogP contribution in [-0.2, 0) is 11.4 Å². The molecule has 1 N–H and O–H groups in total. The van der Waals surface area contributed by atoms with Gasteiger partial charge in [0.25, 0.3) is 0 Å². The minimum absolute atomic E-state index is 0.0672. The van der Waals surface area contributed by atoms with Crippen LogP contribution in [0.2, 0.25) is 0 Å². The first-order chi connectivity index (χ1) is 16.9. The van der Waals surface area contributed by atoms with Crippen LogP contribution in [0.4, 0.5) is 0 Å². The second-order valence-corrected chi connectivity index (χ2v) is 8.17. The summed E-state index contributed by atoms with van der Waals surface area (Å²) >= 11 is 0. The molecule has 1 aliphatic rings. The minimum atomic E-state index is -0.877. The van der Waals surface area contributed by atoms with Gasteiger partial charge >= 0.3 is 5.97 Å². The standard InChI is InChI=1S/C29H28O6/c1-18-23(22-11-10-21(32-2)15-25(22)24(18)16-28(30)31)12-20-13-26(33-3)29(27(14-20)34-4)35-17-19-8-6-5-7-9-19/h5-15H,16-17H2,1-4H3,(H,30,31). The third-order valence-corrected chi connectivity index (χ3v) is 6.05. The summed E-state index contributed by atoms with van der Waals surface area (Å²) in [6.45, 7) is 2.33. The summed E-state index contributed by atoms with van der Waals surface area (Å²) in [6.07, 6.45) is 1.95. The average molecular weight is 473 g/mol. The van der Waals surface area contributed by atoms with E-state index in [1.165, 1.54) is 0 Å². The predicted molar refractivity (Wildman–Crippen MR) is 136 cm³/mol. The number of allylic oxidation sites excluding steroid dienone is 2. The Hall–Kier alpha value is -4.19. The van der Waals surface area contributed by atoms with Gasteiger partial charge < -0.3 is 24.1 Å². The Morgan fingerprint density at radius 3 is 2.17 bits per heavy atom. The van der Waals surface area contributed by atoms with Gasteiger partial charge in [0.15, 0.2) is 11.5 Å². The van der Waals surface area contributed by atoms with Crippen LogP contribution < -0.4 is 18.9 Å². The summed E-state index contributed by atoms with van der Waals surface area (Å²) in [4.78, 5) is 11.6. The molecule has 0 radical (unpaired) electrons. The third-order valence-electron chi connectivity index (χ3n) is 6.05. The van der Waals surface area contributed by atoms with Crippen LogP contribution in [0.5, 0.6) is 23.0 Å². The van der Waals surface area contributed by atoms with E-state index in [0.29, 0.717) is 29.6 Å². The molecule has 0 aromatic heterocycles. The molecule has 0 bridgehead atoms. The Balaban J connectivity index is 1.76. The van der Waals surface area contributed by atoms with Gasteiger partial charge in [0, 0.05) is 0 Å². The SMILES string of the molecule is COc1ccc2c(c1)C(CC(=O)O)=C(C)C2=Cc1cc(OC)c(OCc2ccccc2)c(OC)c1. The number of rotatable bonds is 9. The van der Waals surface area contributed by atoms with E-state index in [4.69, 9.17) is 18.9 Å². The number of fused-ring (bicyclic) bond motifs is 1. The quantitative estimate of drug-likeness (QED) is 0.406. The summed E-state index contributed by atoms with van der Waals surface area (Å²) in [5.74, 6) is 1.43. The van der Waals surface area contributed by atoms with E-state index in [-0.39, 0.29) is 6.42 Å². The monoisotopic (exact) mass is 472 g/mol. The van der Waals surface area contributed by atoms with Crippen molar-refractivity contribution in [2.45, 2.75) is 20.0 Å². The third kappa shape index (κ3) is 5.01. The lowest BCUT2D eigenvalue weighted by molar-refractivity contribution is -0.135. The molecule has 0 heterocycles. The van der Waals surface area contributed by atoms with Crippen LogP contribution in [0, 0.1) is 0 Å². The van der Waals surface area contributed by atoms with E-state index in [2.05, 4.69) is 0 Å². The Morgan fingerprint density at radius 2 is 1.57 bits per heavy atom. The molecule has 0 spiro atoms. The Morgan fingerprint density at radius 1 is 0.886 bits per heavy atom. The van der Waals surface area contributed by atoms with E-state index >= 15 is 0 Å². The lowest BCUT2D eigenvalue weighted by Gasteiger charge is -2.16. The Bertz CT molecular complexity index is 1280. The van der Waals surface area contributed by atoms with Crippen LogP contribution in [0.25, 0.3) is 17.2 Å². The van der Waals surface area contributed by atoms with E-state index in [1.807, 2.05) is 73.7 Å². The van der Waals surface area contributed by atoms with Crippen LogP contribution in [0.15, 0.2) is 66.2 Å². The van der Waals surface area contributed by atoms with E-state index in [0.717, 1.165) is 39.0 Å². The molecular weight excluding hydrogens is 444 g/mol. The largest absolute Gasteiger partial charge is 0.497 e. The van der Waals surface area contributed by atoms with Gasteiger partial charge in [-0.25, -0.2) is 0 Å². The highest BCUT2D eigenvalue weighted by atomic mass is 16.5. The van der Waals surface area contributed by atoms with E-state index < -0.39 is 5.97 Å². The van der Waals surface area contributed by atoms with Gasteiger partial charge in [-0.1, -0.05) is 36.4 Å². The van der Waals surface area contributed by atoms with Gasteiger partial charge in [0.1, 0.15) is 12.4 Å². The molecule has 35 heavy (non-hydrogen) atoms. The van der Waals surface area contributed by atoms with Gasteiger partial charge in [0.05, 0.1) is 27.8 Å². The summed E-state index contributed by atoms with van der Waals surface area (Å²) in [5.41, 5.74) is 6.35. The first-order valence-corrected chi connectivity index (χ1v) is 11.2. The number of carboxylic acid groups (broad SMARTS) is 1. The van der Waals surface area contributed by atoms with Crippen LogP contribution in [0.3, 0.4) is 0 Å². The molecule has 0 amide bonds. The van der Waals surface area contributed by atoms with Gasteiger partial charge in [-0.05, 0) is 76.2 Å². The van der Waals surface area contributed by atoms with Crippen molar-refractivity contribution in [1.82, 2.24) is 0 Å². The molecule has 4 rings (SSSR count). The number of hydrogen-bond donors (Lipinski definition) is 1. The second-order valence-electron chi connectivity index (χ2n) is 8.17. The molecule has 6 heteroatoms. The van der Waals surface area contributed by atoms with Crippen LogP contribution >= 0.6 is 0 Å². The molecule has 0 saturated heterocycles. The number of ether oxygens (including phenoxy) is 4. The zero-order valence-electron chi connectivity index (χ0n) is 20.3. The fourth-order valence-electron chi connectivity index (χ4n) is 4.29. The van der Waals surface area contributed by atoms with Crippen molar-refractivity contribution in [3.05, 3.63) is 88.5 Å². The van der Waals surface area contributed by atoms with Crippen molar-refractivity contribution in [3.8, 4) is 23.0 Å². The van der Waals surface area contributed by atoms with Gasteiger partial charge in [0.2, 0.25) is 5.75 Å². The minimum Gasteiger partial charge on any atom is -0.497 e. The molecule has 0 atom stereocenters. The van der Waals surface area contributed by atoms with Gasteiger partial charge in [-0.3, -0.25) is 4.79 Å². The molecule has 3 aromatic carbocycles. The second kappa shape index (κ2) is 10.4. The van der Waals surface area contributed by atoms with Crippen LogP contribution in [0.1, 0.15) is 35.6 Å². The molecule has 0 saturated carbocycles. The first-order valence-electron chi connectivity index (χ1n) is 11.2. The summed E-state index contributed by atoms with van der Waals surface area (Å²) in [7, 11) is 4.78. The number of benzene rings is 3. The topological polar surface area (TPSA) is 74.2 Å². The molecule has 1 aliphatic carbocycles. The van der Waals surface area contributed by atoms with Crippen LogP contribution in [-0.4, -0.2) is 32.4 Å². The molecule has 6 nitrogen and oxygen atoms in total. The van der Waals surface area contributed by atoms with Gasteiger partial charge in [-0.2, -0.15) is 0 Å². The van der Waals surface area contributed by atoms with E-state index in [9.17, 15) is 9.90 Å². The molecule has 0 unspecified atom stereocenters. The van der Waals surface area contributed by atoms with Crippen molar-refractivity contribution >= 4 is 23.2 Å². The van der Waals surface area contributed by atoms with Crippen molar-refractivity contribution in [2.24, 2.45) is 0 Å². The normalized spacial score (nSPS) is 13.5. The maximum atomic E-state index is 11.6. The van der Waals surface area contributed by atoms with Gasteiger partial charge in [-0.15, -0.1) is 0 Å². The molecule has 3 aromatic rings. The predicted octanol–water partition coefficient (Wildman–Crippen LogP) is 6.09. The highest BCUT2D eigenvalue weighted by molar-refractivity contribution is 6.07. The maximum absolute atomic E-state index is 11.6. The lowest BCUT2D eigenvalue weighted by Crippen LogP contribution is -2.00. The fourth-order valence-corrected chi connectivity index (χ4v) is 4.29. The Kier molecular flexibility index (Phi) is 7.11. The summed E-state index contributed by atoms with van der Waals surface area (Å²) < 4.78 is 22.7. The lowest BCUT2D eigenvalue weighted by atomic mass is 10.00. The number of hydrogen-bond acceptors (Lipinski definition) is 5. The molecular formula is C29H28O6. The highest BCUT2D eigenvalue weighted by Gasteiger charge is 2.26. The highest BCUT2D eigenvalue weighted by Crippen LogP contribution is 2.46. The molecule has 180 valence electrons. The average Bonchev–Trinajstić information content (AvgIpc) is 3.12. The number of aliphatic carboxylic acids is 1. The van der Waals surface area contributed by atoms with Crippen molar-refractivity contribution in [2.75, 3.05) is 21.3 Å². The molecule has 0 fully saturated rings. The zero-order chi connectivity index (χ0) is 24.9. The summed E-state index contributed by atoms with van der Waals surface area (Å²) in [5, 5.41) is 9.49. The number of carboxylic acids is 1. The van der Waals surface area contributed by atoms with Crippen molar-refractivity contribution < 1.29 is 28.8 Å². The first kappa shape index (κ1) is 24.0. The zero-order valence-corrected chi connectivity index (χ0v) is 20.3. The fraction of sp³-hybridized carbons (Fsp3) is 0.207.